The molecule has 0 aromatic heterocycles. The van der Waals surface area contributed by atoms with Crippen LogP contribution in [0.4, 0.5) is 0 Å². The Labute approximate surface area is 144 Å². The average molecular weight is 332 g/mol. The van der Waals surface area contributed by atoms with E-state index < -0.39 is 0 Å². The van der Waals surface area contributed by atoms with E-state index in [1.165, 1.54) is 6.42 Å². The van der Waals surface area contributed by atoms with Crippen LogP contribution in [0.1, 0.15) is 35.7 Å². The molecule has 24 heavy (non-hydrogen) atoms. The highest BCUT2D eigenvalue weighted by Gasteiger charge is 2.23. The van der Waals surface area contributed by atoms with Gasteiger partial charge in [0.25, 0.3) is 5.91 Å². The van der Waals surface area contributed by atoms with Crippen LogP contribution in [0.3, 0.4) is 0 Å². The summed E-state index contributed by atoms with van der Waals surface area (Å²) in [5, 5.41) is 3.06. The maximum atomic E-state index is 12.6. The summed E-state index contributed by atoms with van der Waals surface area (Å²) >= 11 is 0. The van der Waals surface area contributed by atoms with Crippen molar-refractivity contribution in [3.05, 3.63) is 35.9 Å². The molecule has 2 rings (SSSR count). The number of hydrogen-bond acceptors (Lipinski definition) is 4. The molecule has 1 aromatic carbocycles. The summed E-state index contributed by atoms with van der Waals surface area (Å²) < 4.78 is 10.8. The van der Waals surface area contributed by atoms with Gasteiger partial charge in [-0.05, 0) is 44.5 Å². The molecule has 1 aromatic rings. The van der Waals surface area contributed by atoms with E-state index in [-0.39, 0.29) is 5.91 Å². The van der Waals surface area contributed by atoms with Crippen LogP contribution in [-0.2, 0) is 6.42 Å². The first-order valence-electron chi connectivity index (χ1n) is 8.52. The number of likely N-dealkylation sites (tertiary alicyclic amines) is 1. The van der Waals surface area contributed by atoms with Crippen molar-refractivity contribution in [1.82, 2.24) is 10.2 Å². The molecule has 1 amide bonds. The molecule has 0 saturated carbocycles. The molecule has 0 bridgehead atoms. The van der Waals surface area contributed by atoms with Crippen molar-refractivity contribution in [3.8, 4) is 11.5 Å². The highest BCUT2D eigenvalue weighted by molar-refractivity contribution is 5.95. The average Bonchev–Trinajstić information content (AvgIpc) is 3.06. The van der Waals surface area contributed by atoms with Crippen molar-refractivity contribution in [2.45, 2.75) is 32.2 Å². The third-order valence-corrected chi connectivity index (χ3v) is 4.59. The highest BCUT2D eigenvalue weighted by atomic mass is 16.5. The van der Waals surface area contributed by atoms with Crippen LogP contribution in [0.15, 0.2) is 24.8 Å². The molecule has 1 fully saturated rings. The van der Waals surface area contributed by atoms with Crippen LogP contribution in [0, 0.1) is 0 Å². The lowest BCUT2D eigenvalue weighted by molar-refractivity contribution is 0.0941. The van der Waals surface area contributed by atoms with Gasteiger partial charge in [-0.3, -0.25) is 9.69 Å². The number of nitrogens with one attached hydrogen (secondary N) is 1. The quantitative estimate of drug-likeness (QED) is 0.744. The molecule has 0 radical (unpaired) electrons. The van der Waals surface area contributed by atoms with Gasteiger partial charge in [0.05, 0.1) is 14.2 Å². The third kappa shape index (κ3) is 4.09. The summed E-state index contributed by atoms with van der Waals surface area (Å²) in [5.74, 6) is 1.14. The molecule has 5 nitrogen and oxygen atoms in total. The van der Waals surface area contributed by atoms with Gasteiger partial charge in [-0.1, -0.05) is 13.0 Å². The summed E-state index contributed by atoms with van der Waals surface area (Å²) in [4.78, 5) is 15.0. The van der Waals surface area contributed by atoms with Gasteiger partial charge >= 0.3 is 0 Å². The van der Waals surface area contributed by atoms with Crippen molar-refractivity contribution >= 4 is 5.91 Å². The number of nitrogens with zero attached hydrogens (tertiary/aromatic N) is 1. The zero-order chi connectivity index (χ0) is 17.5. The summed E-state index contributed by atoms with van der Waals surface area (Å²) in [6.07, 6.45) is 4.75. The van der Waals surface area contributed by atoms with Crippen molar-refractivity contribution in [1.29, 1.82) is 0 Å². The Hall–Kier alpha value is -2.01. The van der Waals surface area contributed by atoms with E-state index in [0.717, 1.165) is 25.1 Å². The molecule has 5 heteroatoms. The summed E-state index contributed by atoms with van der Waals surface area (Å²) in [5.41, 5.74) is 1.48. The first kappa shape index (κ1) is 18.3. The molecule has 1 aliphatic rings. The summed E-state index contributed by atoms with van der Waals surface area (Å²) in [6, 6.07) is 4.02. The molecule has 132 valence electrons. The van der Waals surface area contributed by atoms with Crippen LogP contribution < -0.4 is 14.8 Å². The molecular formula is C19H28N2O3. The zero-order valence-corrected chi connectivity index (χ0v) is 14.9. The van der Waals surface area contributed by atoms with E-state index in [1.54, 1.807) is 26.4 Å². The van der Waals surface area contributed by atoms with Crippen molar-refractivity contribution in [3.63, 3.8) is 0 Å². The maximum Gasteiger partial charge on any atom is 0.251 e. The second kappa shape index (κ2) is 8.73. The number of benzene rings is 1. The Bertz CT molecular complexity index is 586. The zero-order valence-electron chi connectivity index (χ0n) is 14.9. The predicted molar refractivity (Wildman–Crippen MR) is 96.0 cm³/mol. The molecule has 1 N–H and O–H groups in total. The third-order valence-electron chi connectivity index (χ3n) is 4.59. The fraction of sp³-hybridized carbons (Fsp3) is 0.526. The van der Waals surface area contributed by atoms with Gasteiger partial charge in [-0.25, -0.2) is 0 Å². The standard InChI is InChI=1S/C19H28N2O3/c1-5-8-14-11-15(12-17(23-3)18(14)24-4)19(22)20-13-16-9-7-10-21(16)6-2/h5,11-12,16H,1,6-10,13H2,2-4H3,(H,20,22). The minimum absolute atomic E-state index is 0.0794. The number of methoxy groups -OCH3 is 2. The predicted octanol–water partition coefficient (Wildman–Crippen LogP) is 2.65. The lowest BCUT2D eigenvalue weighted by Crippen LogP contribution is -2.40. The van der Waals surface area contributed by atoms with Crippen LogP contribution in [0.5, 0.6) is 11.5 Å². The van der Waals surface area contributed by atoms with Gasteiger partial charge in [0.15, 0.2) is 11.5 Å². The van der Waals surface area contributed by atoms with Crippen LogP contribution >= 0.6 is 0 Å². The molecule has 1 aliphatic heterocycles. The fourth-order valence-corrected chi connectivity index (χ4v) is 3.34. The molecule has 1 heterocycles. The Kier molecular flexibility index (Phi) is 6.67. The van der Waals surface area contributed by atoms with E-state index in [9.17, 15) is 4.79 Å². The highest BCUT2D eigenvalue weighted by Crippen LogP contribution is 2.33. The monoisotopic (exact) mass is 332 g/mol. The van der Waals surface area contributed by atoms with Gasteiger partial charge in [0.1, 0.15) is 0 Å². The van der Waals surface area contributed by atoms with E-state index in [2.05, 4.69) is 23.7 Å². The smallest absolute Gasteiger partial charge is 0.251 e. The minimum Gasteiger partial charge on any atom is -0.493 e. The molecule has 0 aliphatic carbocycles. The Morgan fingerprint density at radius 3 is 2.83 bits per heavy atom. The first-order chi connectivity index (χ1) is 11.6. The van der Waals surface area contributed by atoms with Crippen molar-refractivity contribution in [2.75, 3.05) is 33.9 Å². The molecule has 1 atom stereocenters. The number of ether oxygens (including phenoxy) is 2. The van der Waals surface area contributed by atoms with E-state index in [1.807, 2.05) is 6.07 Å². The van der Waals surface area contributed by atoms with Crippen molar-refractivity contribution in [2.24, 2.45) is 0 Å². The molecular weight excluding hydrogens is 304 g/mol. The topological polar surface area (TPSA) is 50.8 Å². The summed E-state index contributed by atoms with van der Waals surface area (Å²) in [6.45, 7) is 8.76. The Morgan fingerprint density at radius 2 is 2.21 bits per heavy atom. The van der Waals surface area contributed by atoms with Crippen LogP contribution in [0.25, 0.3) is 0 Å². The fourth-order valence-electron chi connectivity index (χ4n) is 3.34. The Balaban J connectivity index is 2.13. The number of rotatable bonds is 8. The molecule has 0 spiro atoms. The second-order valence-electron chi connectivity index (χ2n) is 6.00. The first-order valence-corrected chi connectivity index (χ1v) is 8.52. The van der Waals surface area contributed by atoms with E-state index in [4.69, 9.17) is 9.47 Å². The van der Waals surface area contributed by atoms with E-state index >= 15 is 0 Å². The maximum absolute atomic E-state index is 12.6. The lowest BCUT2D eigenvalue weighted by atomic mass is 10.0. The number of allylic oxidation sites excluding steroid dienone is 1. The Morgan fingerprint density at radius 1 is 1.42 bits per heavy atom. The number of hydrogen-bond donors (Lipinski definition) is 1. The number of carbonyl (C=O) groups is 1. The second-order valence-corrected chi connectivity index (χ2v) is 6.00. The van der Waals surface area contributed by atoms with Crippen LogP contribution in [0.2, 0.25) is 0 Å². The lowest BCUT2D eigenvalue weighted by Gasteiger charge is -2.23. The van der Waals surface area contributed by atoms with Gasteiger partial charge in [0.2, 0.25) is 0 Å². The van der Waals surface area contributed by atoms with Crippen molar-refractivity contribution < 1.29 is 14.3 Å². The number of amides is 1. The van der Waals surface area contributed by atoms with E-state index in [0.29, 0.717) is 36.1 Å². The van der Waals surface area contributed by atoms with Gasteiger partial charge in [-0.2, -0.15) is 0 Å². The normalized spacial score (nSPS) is 17.5. The van der Waals surface area contributed by atoms with Gasteiger partial charge in [0, 0.05) is 23.7 Å². The molecule has 1 unspecified atom stereocenters. The number of likely N-dealkylation sites (N-methyl/N-ethyl adjacent to an activating group) is 1. The largest absolute Gasteiger partial charge is 0.493 e. The van der Waals surface area contributed by atoms with Gasteiger partial charge < -0.3 is 14.8 Å². The van der Waals surface area contributed by atoms with Crippen LogP contribution in [-0.4, -0.2) is 50.7 Å². The SMILES string of the molecule is C=CCc1cc(C(=O)NCC2CCCN2CC)cc(OC)c1OC. The van der Waals surface area contributed by atoms with Gasteiger partial charge in [-0.15, -0.1) is 6.58 Å². The number of carbonyl (C=O) groups excluding carboxylic acids is 1. The summed E-state index contributed by atoms with van der Waals surface area (Å²) in [7, 11) is 3.18. The molecule has 1 saturated heterocycles. The minimum atomic E-state index is -0.0794.